The fraction of sp³-hybridized carbons (Fsp3) is 0.696. The third-order valence-corrected chi connectivity index (χ3v) is 6.97. The monoisotopic (exact) mass is 369 g/mol. The molecule has 4 rings (SSSR count). The van der Waals surface area contributed by atoms with E-state index in [1.54, 1.807) is 6.07 Å². The number of phenols is 1. The van der Waals surface area contributed by atoms with Gasteiger partial charge in [-0.25, -0.2) is 4.99 Å². The van der Waals surface area contributed by atoms with Gasteiger partial charge >= 0.3 is 0 Å². The summed E-state index contributed by atoms with van der Waals surface area (Å²) in [6, 6.07) is 8.52. The van der Waals surface area contributed by atoms with E-state index in [-0.39, 0.29) is 0 Å². The summed E-state index contributed by atoms with van der Waals surface area (Å²) in [6.45, 7) is 3.46. The van der Waals surface area contributed by atoms with E-state index in [0.29, 0.717) is 23.8 Å². The molecule has 0 spiro atoms. The standard InChI is InChI=1S/C23H35N3O/c1-17-8-2-4-13-21(17)25-23(24-19-11-6-12-20(27)16-19)26-15-7-10-18-9-3-5-14-22(18)26/h6,11-12,16-18,21-22,27H,2-5,7-10,13-15H2,1H3,(H,24,25). The van der Waals surface area contributed by atoms with Crippen molar-refractivity contribution in [2.75, 3.05) is 11.9 Å². The summed E-state index contributed by atoms with van der Waals surface area (Å²) in [5.74, 6) is 2.84. The summed E-state index contributed by atoms with van der Waals surface area (Å²) >= 11 is 0. The molecule has 1 aromatic carbocycles. The number of nitrogens with one attached hydrogen (secondary N) is 1. The van der Waals surface area contributed by atoms with Crippen LogP contribution in [0.3, 0.4) is 0 Å². The number of anilines is 1. The van der Waals surface area contributed by atoms with Gasteiger partial charge in [0.25, 0.3) is 0 Å². The van der Waals surface area contributed by atoms with E-state index in [1.165, 1.54) is 64.2 Å². The van der Waals surface area contributed by atoms with Gasteiger partial charge in [0.2, 0.25) is 0 Å². The first-order valence-corrected chi connectivity index (χ1v) is 11.1. The minimum atomic E-state index is 0.305. The molecule has 1 aromatic rings. The molecule has 0 aromatic heterocycles. The predicted molar refractivity (Wildman–Crippen MR) is 112 cm³/mol. The molecule has 0 radical (unpaired) electrons. The van der Waals surface area contributed by atoms with E-state index in [2.05, 4.69) is 17.1 Å². The molecule has 2 saturated carbocycles. The lowest BCUT2D eigenvalue weighted by Gasteiger charge is -2.46. The Balaban J connectivity index is 1.62. The van der Waals surface area contributed by atoms with Gasteiger partial charge in [0.1, 0.15) is 5.75 Å². The van der Waals surface area contributed by atoms with Gasteiger partial charge in [-0.15, -0.1) is 0 Å². The van der Waals surface area contributed by atoms with E-state index in [0.717, 1.165) is 24.1 Å². The number of hydrogen-bond acceptors (Lipinski definition) is 2. The number of fused-ring (bicyclic) bond motifs is 1. The van der Waals surface area contributed by atoms with Gasteiger partial charge in [0, 0.05) is 24.3 Å². The Kier molecular flexibility index (Phi) is 5.89. The van der Waals surface area contributed by atoms with Crippen LogP contribution < -0.4 is 5.32 Å². The maximum Gasteiger partial charge on any atom is 0.199 e. The second kappa shape index (κ2) is 8.53. The van der Waals surface area contributed by atoms with Crippen LogP contribution in [-0.4, -0.2) is 34.6 Å². The van der Waals surface area contributed by atoms with Gasteiger partial charge in [0.15, 0.2) is 5.96 Å². The number of benzene rings is 1. The number of phenolic OH excluding ortho intramolecular Hbond substituents is 1. The molecule has 3 fully saturated rings. The lowest BCUT2D eigenvalue weighted by atomic mass is 9.78. The Morgan fingerprint density at radius 2 is 1.81 bits per heavy atom. The summed E-state index contributed by atoms with van der Waals surface area (Å²) in [5.41, 5.74) is 0.940. The van der Waals surface area contributed by atoms with Crippen LogP contribution in [0.1, 0.15) is 71.1 Å². The van der Waals surface area contributed by atoms with Crippen molar-refractivity contribution in [3.63, 3.8) is 0 Å². The second-order valence-electron chi connectivity index (χ2n) is 8.90. The zero-order chi connectivity index (χ0) is 18.6. The average Bonchev–Trinajstić information content (AvgIpc) is 2.69. The Bertz CT molecular complexity index is 657. The molecule has 2 N–H and O–H groups in total. The van der Waals surface area contributed by atoms with Gasteiger partial charge < -0.3 is 15.3 Å². The van der Waals surface area contributed by atoms with Crippen LogP contribution in [-0.2, 0) is 0 Å². The zero-order valence-electron chi connectivity index (χ0n) is 16.7. The minimum Gasteiger partial charge on any atom is -0.508 e. The first kappa shape index (κ1) is 18.6. The van der Waals surface area contributed by atoms with Crippen molar-refractivity contribution in [1.29, 1.82) is 0 Å². The first-order chi connectivity index (χ1) is 13.2. The summed E-state index contributed by atoms with van der Waals surface area (Å²) in [7, 11) is 0. The van der Waals surface area contributed by atoms with Gasteiger partial charge in [-0.3, -0.25) is 0 Å². The van der Waals surface area contributed by atoms with E-state index >= 15 is 0 Å². The third-order valence-electron chi connectivity index (χ3n) is 6.97. The predicted octanol–water partition coefficient (Wildman–Crippen LogP) is 5.39. The quantitative estimate of drug-likeness (QED) is 0.542. The molecule has 4 nitrogen and oxygen atoms in total. The Morgan fingerprint density at radius 3 is 2.67 bits per heavy atom. The van der Waals surface area contributed by atoms with Crippen LogP contribution in [0.15, 0.2) is 29.3 Å². The lowest BCUT2D eigenvalue weighted by Crippen LogP contribution is -2.52. The number of nitrogens with zero attached hydrogens (tertiary/aromatic N) is 2. The maximum atomic E-state index is 9.89. The fourth-order valence-electron chi connectivity index (χ4n) is 5.42. The van der Waals surface area contributed by atoms with Crippen molar-refractivity contribution in [3.05, 3.63) is 24.3 Å². The Labute approximate surface area is 164 Å². The first-order valence-electron chi connectivity index (χ1n) is 11.1. The van der Waals surface area contributed by atoms with Crippen LogP contribution in [0.5, 0.6) is 5.75 Å². The normalized spacial score (nSPS) is 32.0. The summed E-state index contributed by atoms with van der Waals surface area (Å²) in [6.07, 6.45) is 13.2. The highest BCUT2D eigenvalue weighted by atomic mass is 16.3. The third kappa shape index (κ3) is 4.41. The van der Waals surface area contributed by atoms with Crippen LogP contribution in [0.2, 0.25) is 0 Å². The van der Waals surface area contributed by atoms with Crippen LogP contribution in [0.25, 0.3) is 0 Å². The van der Waals surface area contributed by atoms with Gasteiger partial charge in [0.05, 0.1) is 6.04 Å². The highest BCUT2D eigenvalue weighted by molar-refractivity contribution is 5.94. The van der Waals surface area contributed by atoms with Crippen LogP contribution in [0, 0.1) is 11.8 Å². The lowest BCUT2D eigenvalue weighted by molar-refractivity contribution is 0.118. The molecule has 0 amide bonds. The summed E-state index contributed by atoms with van der Waals surface area (Å²) < 4.78 is 0. The van der Waals surface area contributed by atoms with E-state index in [1.807, 2.05) is 18.2 Å². The Hall–Kier alpha value is -1.71. The molecule has 1 saturated heterocycles. The summed E-state index contributed by atoms with van der Waals surface area (Å²) in [4.78, 5) is 7.89. The molecule has 148 valence electrons. The largest absolute Gasteiger partial charge is 0.508 e. The molecule has 1 aliphatic heterocycles. The maximum absolute atomic E-state index is 9.89. The number of piperidine rings is 1. The van der Waals surface area contributed by atoms with Crippen LogP contribution >= 0.6 is 0 Å². The SMILES string of the molecule is CC1CCCCC1N=C(Nc1cccc(O)c1)N1CCCC2CCCCC21. The average molecular weight is 370 g/mol. The topological polar surface area (TPSA) is 47.9 Å². The molecule has 2 aliphatic carbocycles. The number of hydrogen-bond donors (Lipinski definition) is 2. The van der Waals surface area contributed by atoms with Crippen molar-refractivity contribution in [2.24, 2.45) is 16.8 Å². The van der Waals surface area contributed by atoms with Crippen LogP contribution in [0.4, 0.5) is 5.69 Å². The van der Waals surface area contributed by atoms with Crippen molar-refractivity contribution >= 4 is 11.6 Å². The molecule has 1 heterocycles. The molecule has 27 heavy (non-hydrogen) atoms. The molecule has 0 bridgehead atoms. The van der Waals surface area contributed by atoms with Gasteiger partial charge in [-0.1, -0.05) is 38.7 Å². The van der Waals surface area contributed by atoms with E-state index in [9.17, 15) is 5.11 Å². The van der Waals surface area contributed by atoms with Crippen molar-refractivity contribution in [1.82, 2.24) is 4.90 Å². The summed E-state index contributed by atoms with van der Waals surface area (Å²) in [5, 5.41) is 13.5. The number of rotatable bonds is 2. The molecule has 3 aliphatic rings. The van der Waals surface area contributed by atoms with Gasteiger partial charge in [-0.05, 0) is 62.5 Å². The molecule has 4 heteroatoms. The van der Waals surface area contributed by atoms with Crippen molar-refractivity contribution in [3.8, 4) is 5.75 Å². The zero-order valence-corrected chi connectivity index (χ0v) is 16.7. The van der Waals surface area contributed by atoms with Crippen molar-refractivity contribution < 1.29 is 5.11 Å². The van der Waals surface area contributed by atoms with E-state index in [4.69, 9.17) is 4.99 Å². The van der Waals surface area contributed by atoms with Crippen molar-refractivity contribution in [2.45, 2.75) is 83.2 Å². The van der Waals surface area contributed by atoms with E-state index < -0.39 is 0 Å². The number of aliphatic imine (C=N–C) groups is 1. The van der Waals surface area contributed by atoms with Gasteiger partial charge in [-0.2, -0.15) is 0 Å². The smallest absolute Gasteiger partial charge is 0.199 e. The number of aromatic hydroxyl groups is 1. The number of likely N-dealkylation sites (tertiary alicyclic amines) is 1. The molecular formula is C23H35N3O. The highest BCUT2D eigenvalue weighted by Crippen LogP contribution is 2.36. The number of guanidine groups is 1. The Morgan fingerprint density at radius 1 is 1.04 bits per heavy atom. The minimum absolute atomic E-state index is 0.305. The highest BCUT2D eigenvalue weighted by Gasteiger charge is 2.35. The molecule has 4 unspecified atom stereocenters. The molecule has 4 atom stereocenters. The fourth-order valence-corrected chi connectivity index (χ4v) is 5.42. The second-order valence-corrected chi connectivity index (χ2v) is 8.90. The molecular weight excluding hydrogens is 334 g/mol.